The van der Waals surface area contributed by atoms with Gasteiger partial charge in [-0.25, -0.2) is 9.97 Å². The molecule has 9 nitrogen and oxygen atoms in total. The van der Waals surface area contributed by atoms with Crippen LogP contribution in [0.2, 0.25) is 0 Å². The second-order valence-corrected chi connectivity index (χ2v) is 7.96. The van der Waals surface area contributed by atoms with Crippen LogP contribution in [0.5, 0.6) is 5.88 Å². The first-order valence-corrected chi connectivity index (χ1v) is 11.3. The van der Waals surface area contributed by atoms with Crippen LogP contribution < -0.4 is 10.5 Å². The van der Waals surface area contributed by atoms with Crippen molar-refractivity contribution in [3.05, 3.63) is 41.5 Å². The molecule has 0 aliphatic carbocycles. The number of rotatable bonds is 8. The number of nitrogen functional groups attached to an aromatic ring is 1. The Morgan fingerprint density at radius 2 is 2.00 bits per heavy atom. The van der Waals surface area contributed by atoms with E-state index < -0.39 is 5.59 Å². The summed E-state index contributed by atoms with van der Waals surface area (Å²) in [4.78, 5) is 8.45. The number of ether oxygens (including phenoxy) is 3. The van der Waals surface area contributed by atoms with Gasteiger partial charge >= 0.3 is 0 Å². The lowest BCUT2D eigenvalue weighted by Crippen LogP contribution is -2.32. The minimum Gasteiger partial charge on any atom is -0.483 e. The molecule has 1 aliphatic heterocycles. The lowest BCUT2D eigenvalue weighted by atomic mass is 9.76. The van der Waals surface area contributed by atoms with E-state index in [9.17, 15) is 15.6 Å². The summed E-state index contributed by atoms with van der Waals surface area (Å²) in [5, 5.41) is 29.1. The van der Waals surface area contributed by atoms with Gasteiger partial charge in [-0.3, -0.25) is 0 Å². The van der Waals surface area contributed by atoms with Crippen molar-refractivity contribution >= 4 is 33.3 Å². The molecule has 3 heterocycles. The second kappa shape index (κ2) is 12.3. The number of allylic oxidation sites excluding steroid dienone is 1. The van der Waals surface area contributed by atoms with Crippen LogP contribution in [-0.2, 0) is 9.47 Å². The van der Waals surface area contributed by atoms with Crippen LogP contribution >= 0.6 is 11.8 Å². The first-order valence-electron chi connectivity index (χ1n) is 10.3. The lowest BCUT2D eigenvalue weighted by molar-refractivity contribution is -0.0395. The highest BCUT2D eigenvalue weighted by Gasteiger charge is 2.24. The fourth-order valence-corrected chi connectivity index (χ4v) is 3.83. The summed E-state index contributed by atoms with van der Waals surface area (Å²) in [6.07, 6.45) is 2.61. The number of aromatic nitrogens is 2. The summed E-state index contributed by atoms with van der Waals surface area (Å²) in [5.41, 5.74) is 4.91. The highest BCUT2D eigenvalue weighted by molar-refractivity contribution is 7.99. The average Bonchev–Trinajstić information content (AvgIpc) is 2.77. The maximum atomic E-state index is 9.81. The topological polar surface area (TPSA) is 147 Å². The molecule has 0 unspecified atom stereocenters. The van der Waals surface area contributed by atoms with E-state index >= 15 is 0 Å². The summed E-state index contributed by atoms with van der Waals surface area (Å²) < 4.78 is 15.3. The Kier molecular flexibility index (Phi) is 9.82. The van der Waals surface area contributed by atoms with Crippen molar-refractivity contribution < 1.29 is 19.3 Å². The quantitative estimate of drug-likeness (QED) is 0.253. The zero-order valence-electron chi connectivity index (χ0n) is 19.1. The molecule has 0 bridgehead atoms. The number of pyridine rings is 2. The van der Waals surface area contributed by atoms with Crippen LogP contribution in [-0.4, -0.2) is 55.3 Å². The molecular weight excluding hydrogens is 452 g/mol. The summed E-state index contributed by atoms with van der Waals surface area (Å²) in [5.74, 6) is 1.46. The Balaban J connectivity index is 0.00000199. The highest BCUT2D eigenvalue weighted by Crippen LogP contribution is 2.36. The molecule has 1 fully saturated rings. The third kappa shape index (κ3) is 7.16. The third-order valence-electron chi connectivity index (χ3n) is 4.27. The fourth-order valence-electron chi connectivity index (χ4n) is 2.79. The highest BCUT2D eigenvalue weighted by atomic mass is 32.2. The number of nitrogens with zero attached hydrogens (tertiary/aromatic N) is 4. The Morgan fingerprint density at radius 3 is 2.50 bits per heavy atom. The number of aliphatic hydroxyl groups is 1. The van der Waals surface area contributed by atoms with Crippen LogP contribution in [0.4, 0.5) is 5.82 Å². The molecule has 2 aromatic heterocycles. The van der Waals surface area contributed by atoms with Gasteiger partial charge in [-0.2, -0.15) is 10.5 Å². The van der Waals surface area contributed by atoms with Crippen LogP contribution in [0.15, 0.2) is 35.4 Å². The van der Waals surface area contributed by atoms with Crippen molar-refractivity contribution in [3.63, 3.8) is 0 Å². The molecule has 172 valence electrons. The molecule has 3 rings (SSSR count). The van der Waals surface area contributed by atoms with E-state index in [0.29, 0.717) is 35.3 Å². The number of hydrogen-bond donors (Lipinski definition) is 2. The van der Waals surface area contributed by atoms with Crippen molar-refractivity contribution in [2.45, 2.75) is 31.4 Å². The Hall–Kier alpha value is -3.18. The SMILES string of the molecule is CC.[B]C([B])(O)O/C(C)=C/Oc1ccc(-c2c(C#N)c(N)nc(SCC3COC3)c2C#N)cn1. The average molecular weight is 475 g/mol. The van der Waals surface area contributed by atoms with E-state index in [1.807, 2.05) is 19.9 Å². The van der Waals surface area contributed by atoms with E-state index in [0.717, 1.165) is 12.0 Å². The molecule has 4 radical (unpaired) electrons. The van der Waals surface area contributed by atoms with Crippen molar-refractivity contribution in [1.82, 2.24) is 9.97 Å². The number of nitriles is 2. The fraction of sp³-hybridized carbons (Fsp3) is 0.364. The Labute approximate surface area is 205 Å². The van der Waals surface area contributed by atoms with E-state index in [1.54, 1.807) is 6.07 Å². The van der Waals surface area contributed by atoms with E-state index in [-0.39, 0.29) is 28.6 Å². The molecule has 0 saturated carbocycles. The third-order valence-corrected chi connectivity index (χ3v) is 5.48. The molecule has 12 heteroatoms. The van der Waals surface area contributed by atoms with Gasteiger partial charge in [0.15, 0.2) is 15.7 Å². The zero-order chi connectivity index (χ0) is 25.3. The standard InChI is InChI=1S/C20H17B2N5O4S.C2H6/c1-11(31-20(21,22)28)7-30-16-3-2-13(6-26-16)17-14(4-23)18(25)27-19(15(17)5-24)32-10-12-8-29-9-12;1-2/h2-3,6-7,12,28H,8-10H2,1H3,(H2,25,27);1-2H3/b11-7+;. The van der Waals surface area contributed by atoms with Gasteiger partial charge in [-0.05, 0) is 13.0 Å². The zero-order valence-corrected chi connectivity index (χ0v) is 19.9. The predicted molar refractivity (Wildman–Crippen MR) is 130 cm³/mol. The van der Waals surface area contributed by atoms with Gasteiger partial charge in [-0.1, -0.05) is 13.8 Å². The van der Waals surface area contributed by atoms with E-state index in [1.165, 1.54) is 30.9 Å². The second-order valence-electron chi connectivity index (χ2n) is 6.95. The summed E-state index contributed by atoms with van der Waals surface area (Å²) in [6, 6.07) is 7.35. The van der Waals surface area contributed by atoms with Crippen molar-refractivity contribution in [1.29, 1.82) is 10.5 Å². The van der Waals surface area contributed by atoms with Gasteiger partial charge in [0, 0.05) is 35.1 Å². The molecule has 0 aromatic carbocycles. The molecule has 0 amide bonds. The van der Waals surface area contributed by atoms with Crippen LogP contribution in [0.25, 0.3) is 11.1 Å². The van der Waals surface area contributed by atoms with Gasteiger partial charge in [0.2, 0.25) is 5.88 Å². The lowest BCUT2D eigenvalue weighted by Gasteiger charge is -2.25. The Morgan fingerprint density at radius 1 is 1.32 bits per heavy atom. The molecule has 1 aliphatic rings. The molecule has 3 N–H and O–H groups in total. The van der Waals surface area contributed by atoms with Crippen molar-refractivity contribution in [2.75, 3.05) is 24.7 Å². The van der Waals surface area contributed by atoms with E-state index in [4.69, 9.17) is 35.6 Å². The molecule has 0 atom stereocenters. The van der Waals surface area contributed by atoms with Crippen LogP contribution in [0, 0.1) is 28.6 Å². The molecule has 2 aromatic rings. The molecule has 34 heavy (non-hydrogen) atoms. The summed E-state index contributed by atoms with van der Waals surface area (Å²) in [6.45, 7) is 6.83. The monoisotopic (exact) mass is 475 g/mol. The summed E-state index contributed by atoms with van der Waals surface area (Å²) in [7, 11) is 10.3. The van der Waals surface area contributed by atoms with Gasteiger partial charge < -0.3 is 25.1 Å². The van der Waals surface area contributed by atoms with Crippen LogP contribution in [0.1, 0.15) is 31.9 Å². The van der Waals surface area contributed by atoms with Gasteiger partial charge in [0.25, 0.3) is 0 Å². The van der Waals surface area contributed by atoms with E-state index in [2.05, 4.69) is 16.0 Å². The molecule has 0 spiro atoms. The normalized spacial score (nSPS) is 13.5. The minimum absolute atomic E-state index is 0.0425. The summed E-state index contributed by atoms with van der Waals surface area (Å²) >= 11 is 1.41. The maximum Gasteiger partial charge on any atom is 0.218 e. The van der Waals surface area contributed by atoms with Gasteiger partial charge in [0.05, 0.1) is 18.8 Å². The van der Waals surface area contributed by atoms with Crippen LogP contribution in [0.3, 0.4) is 0 Å². The smallest absolute Gasteiger partial charge is 0.218 e. The van der Waals surface area contributed by atoms with Gasteiger partial charge in [0.1, 0.15) is 46.2 Å². The first kappa shape index (κ1) is 27.1. The number of anilines is 1. The van der Waals surface area contributed by atoms with Gasteiger partial charge in [-0.15, -0.1) is 11.8 Å². The number of nitrogens with two attached hydrogens (primary N) is 1. The minimum atomic E-state index is -2.33. The largest absolute Gasteiger partial charge is 0.483 e. The predicted octanol–water partition coefficient (Wildman–Crippen LogP) is 2.43. The number of hydrogen-bond acceptors (Lipinski definition) is 10. The molecular formula is C22H23B2N5O4S. The first-order chi connectivity index (χ1) is 16.2. The maximum absolute atomic E-state index is 9.81. The van der Waals surface area contributed by atoms with Crippen molar-refractivity contribution in [2.24, 2.45) is 5.92 Å². The van der Waals surface area contributed by atoms with Crippen molar-refractivity contribution in [3.8, 4) is 29.1 Å². The number of thioether (sulfide) groups is 1. The molecule has 1 saturated heterocycles. The Bertz CT molecular complexity index is 1100.